The van der Waals surface area contributed by atoms with Crippen LogP contribution >= 0.6 is 0 Å². The van der Waals surface area contributed by atoms with Crippen LogP contribution in [0.5, 0.6) is 0 Å². The zero-order valence-corrected chi connectivity index (χ0v) is 23.7. The Morgan fingerprint density at radius 3 is 2.21 bits per heavy atom. The van der Waals surface area contributed by atoms with Crippen molar-refractivity contribution in [2.45, 2.75) is 18.8 Å². The number of carbonyl (C=O) groups is 2. The van der Waals surface area contributed by atoms with Gasteiger partial charge in [0.2, 0.25) is 0 Å². The Bertz CT molecular complexity index is 1600. The number of hydrogen-bond donors (Lipinski definition) is 1. The number of para-hydroxylation sites is 1. The maximum atomic E-state index is 15.4. The molecular formula is C35H33F2N3O2. The highest BCUT2D eigenvalue weighted by Crippen LogP contribution is 2.43. The molecule has 5 nitrogen and oxygen atoms in total. The molecule has 1 aliphatic heterocycles. The largest absolute Gasteiger partial charge is 0.322 e. The van der Waals surface area contributed by atoms with E-state index in [1.54, 1.807) is 60.7 Å². The molecule has 214 valence electrons. The minimum absolute atomic E-state index is 0.0379. The van der Waals surface area contributed by atoms with Gasteiger partial charge >= 0.3 is 0 Å². The van der Waals surface area contributed by atoms with Crippen LogP contribution in [0.4, 0.5) is 20.2 Å². The topological polar surface area (TPSA) is 52.6 Å². The van der Waals surface area contributed by atoms with Crippen LogP contribution in [-0.2, 0) is 0 Å². The molecule has 0 spiro atoms. The number of nitrogens with zero attached hydrogens (tertiary/aromatic N) is 2. The molecule has 0 saturated heterocycles. The van der Waals surface area contributed by atoms with Gasteiger partial charge in [-0.1, -0.05) is 72.8 Å². The first kappa shape index (κ1) is 28.9. The molecule has 0 atom stereocenters. The first-order valence-electron chi connectivity index (χ1n) is 13.9. The minimum Gasteiger partial charge on any atom is -0.322 e. The number of alkyl halides is 2. The second-order valence-electron chi connectivity index (χ2n) is 10.6. The molecule has 7 heteroatoms. The Morgan fingerprint density at radius 2 is 1.50 bits per heavy atom. The van der Waals surface area contributed by atoms with Crippen molar-refractivity contribution in [2.75, 3.05) is 37.4 Å². The summed E-state index contributed by atoms with van der Waals surface area (Å²) in [6, 6.07) is 30.4. The van der Waals surface area contributed by atoms with Crippen molar-refractivity contribution in [2.24, 2.45) is 0 Å². The molecular weight excluding hydrogens is 532 g/mol. The molecule has 0 fully saturated rings. The van der Waals surface area contributed by atoms with Gasteiger partial charge in [0.25, 0.3) is 17.7 Å². The summed E-state index contributed by atoms with van der Waals surface area (Å²) in [4.78, 5) is 30.2. The Hall–Kier alpha value is -4.62. The fourth-order valence-corrected chi connectivity index (χ4v) is 5.18. The lowest BCUT2D eigenvalue weighted by molar-refractivity contribution is 0.0599. The quantitative estimate of drug-likeness (QED) is 0.251. The molecule has 1 aliphatic rings. The van der Waals surface area contributed by atoms with Crippen LogP contribution in [0.25, 0.3) is 16.7 Å². The third kappa shape index (κ3) is 6.31. The number of nitrogens with one attached hydrogen (secondary N) is 1. The SMILES string of the molecule is CN(C)CC/C=C1\c2ccccc2N(C(=O)c2ccc(NC(=O)c3ccccc3-c3ccccc3)cc2)CCC1(F)F. The van der Waals surface area contributed by atoms with Gasteiger partial charge in [0.15, 0.2) is 0 Å². The van der Waals surface area contributed by atoms with Gasteiger partial charge in [0.05, 0.1) is 5.69 Å². The van der Waals surface area contributed by atoms with E-state index >= 15 is 8.78 Å². The van der Waals surface area contributed by atoms with Crippen LogP contribution in [0.2, 0.25) is 0 Å². The first-order chi connectivity index (χ1) is 20.2. The van der Waals surface area contributed by atoms with Gasteiger partial charge in [-0.25, -0.2) is 8.78 Å². The van der Waals surface area contributed by atoms with E-state index in [2.05, 4.69) is 5.32 Å². The molecule has 2 amide bonds. The predicted molar refractivity (Wildman–Crippen MR) is 165 cm³/mol. The van der Waals surface area contributed by atoms with Crippen molar-refractivity contribution < 1.29 is 18.4 Å². The van der Waals surface area contributed by atoms with Crippen LogP contribution in [0.1, 0.15) is 39.1 Å². The smallest absolute Gasteiger partial charge is 0.275 e. The summed E-state index contributed by atoms with van der Waals surface area (Å²) in [7, 11) is 3.80. The van der Waals surface area contributed by atoms with E-state index < -0.39 is 12.3 Å². The van der Waals surface area contributed by atoms with E-state index in [4.69, 9.17) is 0 Å². The van der Waals surface area contributed by atoms with Crippen LogP contribution in [0.15, 0.2) is 109 Å². The molecule has 4 aromatic rings. The highest BCUT2D eigenvalue weighted by Gasteiger charge is 2.40. The van der Waals surface area contributed by atoms with Crippen molar-refractivity contribution in [3.05, 3.63) is 126 Å². The fraction of sp³-hybridized carbons (Fsp3) is 0.200. The maximum absolute atomic E-state index is 15.4. The molecule has 1 N–H and O–H groups in total. The van der Waals surface area contributed by atoms with Gasteiger partial charge in [-0.15, -0.1) is 0 Å². The minimum atomic E-state index is -3.07. The number of allylic oxidation sites excluding steroid dienone is 1. The number of carbonyl (C=O) groups excluding carboxylic acids is 2. The normalized spacial score (nSPS) is 15.3. The summed E-state index contributed by atoms with van der Waals surface area (Å²) >= 11 is 0. The number of rotatable bonds is 7. The van der Waals surface area contributed by atoms with Crippen molar-refractivity contribution in [3.8, 4) is 11.1 Å². The van der Waals surface area contributed by atoms with Gasteiger partial charge in [-0.05, 0) is 68.0 Å². The van der Waals surface area contributed by atoms with E-state index in [0.717, 1.165) is 11.1 Å². The number of halogens is 2. The lowest BCUT2D eigenvalue weighted by Gasteiger charge is -2.23. The van der Waals surface area contributed by atoms with Crippen molar-refractivity contribution in [1.29, 1.82) is 0 Å². The van der Waals surface area contributed by atoms with Gasteiger partial charge < -0.3 is 15.1 Å². The Morgan fingerprint density at radius 1 is 0.857 bits per heavy atom. The van der Waals surface area contributed by atoms with Gasteiger partial charge in [-0.3, -0.25) is 9.59 Å². The summed E-state index contributed by atoms with van der Waals surface area (Å²) in [5, 5.41) is 2.91. The van der Waals surface area contributed by atoms with E-state index in [-0.39, 0.29) is 23.9 Å². The molecule has 0 aliphatic carbocycles. The second kappa shape index (κ2) is 12.5. The molecule has 4 aromatic carbocycles. The number of anilines is 2. The summed E-state index contributed by atoms with van der Waals surface area (Å²) in [5.74, 6) is -3.72. The molecule has 0 aromatic heterocycles. The average Bonchev–Trinajstić information content (AvgIpc) is 3.11. The lowest BCUT2D eigenvalue weighted by atomic mass is 9.96. The van der Waals surface area contributed by atoms with E-state index in [1.807, 2.05) is 67.5 Å². The Labute approximate surface area is 245 Å². The third-order valence-electron chi connectivity index (χ3n) is 7.34. The van der Waals surface area contributed by atoms with Crippen molar-refractivity contribution >= 4 is 28.8 Å². The van der Waals surface area contributed by atoms with Gasteiger partial charge in [0.1, 0.15) is 0 Å². The van der Waals surface area contributed by atoms with Crippen LogP contribution < -0.4 is 10.2 Å². The Balaban J connectivity index is 1.37. The monoisotopic (exact) mass is 565 g/mol. The van der Waals surface area contributed by atoms with Gasteiger partial charge in [0, 0.05) is 47.5 Å². The fourth-order valence-electron chi connectivity index (χ4n) is 5.18. The summed E-state index contributed by atoms with van der Waals surface area (Å²) < 4.78 is 30.7. The zero-order chi connectivity index (χ0) is 29.7. The number of amides is 2. The highest BCUT2D eigenvalue weighted by atomic mass is 19.3. The molecule has 0 saturated carbocycles. The zero-order valence-electron chi connectivity index (χ0n) is 23.7. The highest BCUT2D eigenvalue weighted by molar-refractivity contribution is 6.10. The lowest BCUT2D eigenvalue weighted by Crippen LogP contribution is -2.33. The second-order valence-corrected chi connectivity index (χ2v) is 10.6. The Kier molecular flexibility index (Phi) is 8.59. The number of hydrogen-bond acceptors (Lipinski definition) is 3. The van der Waals surface area contributed by atoms with Crippen LogP contribution in [-0.4, -0.2) is 49.8 Å². The third-order valence-corrected chi connectivity index (χ3v) is 7.34. The summed E-state index contributed by atoms with van der Waals surface area (Å²) in [6.07, 6.45) is 1.60. The maximum Gasteiger partial charge on any atom is 0.275 e. The van der Waals surface area contributed by atoms with Crippen LogP contribution in [0.3, 0.4) is 0 Å². The molecule has 5 rings (SSSR count). The standard InChI is InChI=1S/C35H33F2N3O2/c1-39(2)23-10-16-31-30-15-8-9-17-32(30)40(24-22-35(31,36)37)34(42)26-18-20-27(21-19-26)38-33(41)29-14-7-6-13-28(29)25-11-4-3-5-12-25/h3-9,11-21H,10,22-24H2,1-2H3,(H,38,41)/b31-16+. The number of benzene rings is 4. The van der Waals surface area contributed by atoms with Crippen LogP contribution in [0, 0.1) is 0 Å². The van der Waals surface area contributed by atoms with Crippen molar-refractivity contribution in [3.63, 3.8) is 0 Å². The predicted octanol–water partition coefficient (Wildman–Crippen LogP) is 7.63. The molecule has 0 radical (unpaired) electrons. The molecule has 0 unspecified atom stereocenters. The molecule has 0 bridgehead atoms. The molecule has 42 heavy (non-hydrogen) atoms. The van der Waals surface area contributed by atoms with E-state index in [9.17, 15) is 9.59 Å². The number of fused-ring (bicyclic) bond motifs is 1. The van der Waals surface area contributed by atoms with Gasteiger partial charge in [-0.2, -0.15) is 0 Å². The van der Waals surface area contributed by atoms with Crippen molar-refractivity contribution in [1.82, 2.24) is 4.90 Å². The van der Waals surface area contributed by atoms with E-state index in [1.165, 1.54) is 4.90 Å². The average molecular weight is 566 g/mol. The summed E-state index contributed by atoms with van der Waals surface area (Å²) in [6.45, 7) is 0.522. The first-order valence-corrected chi connectivity index (χ1v) is 13.9. The molecule has 1 heterocycles. The summed E-state index contributed by atoms with van der Waals surface area (Å²) in [5.41, 5.74) is 3.93. The van der Waals surface area contributed by atoms with E-state index in [0.29, 0.717) is 41.0 Å².